The van der Waals surface area contributed by atoms with E-state index in [0.29, 0.717) is 6.61 Å². The second-order valence-corrected chi connectivity index (χ2v) is 5.35. The van der Waals surface area contributed by atoms with Crippen LogP contribution >= 0.6 is 12.2 Å². The summed E-state index contributed by atoms with van der Waals surface area (Å²) >= 11 is 5.44. The summed E-state index contributed by atoms with van der Waals surface area (Å²) in [6, 6.07) is 6.03. The van der Waals surface area contributed by atoms with Gasteiger partial charge in [0.2, 0.25) is 0 Å². The molecule has 0 amide bonds. The quantitative estimate of drug-likeness (QED) is 0.761. The second-order valence-electron chi connectivity index (χ2n) is 4.96. The number of imidazole rings is 1. The first-order chi connectivity index (χ1) is 10.2. The number of benzene rings is 1. The fourth-order valence-electron chi connectivity index (χ4n) is 2.28. The topological polar surface area (TPSA) is 42.4 Å². The van der Waals surface area contributed by atoms with Gasteiger partial charge < -0.3 is 23.9 Å². The third-order valence-corrected chi connectivity index (χ3v) is 3.78. The van der Waals surface area contributed by atoms with Gasteiger partial charge in [0, 0.05) is 26.7 Å². The van der Waals surface area contributed by atoms with E-state index >= 15 is 0 Å². The van der Waals surface area contributed by atoms with Gasteiger partial charge in [0.1, 0.15) is 11.3 Å². The molecule has 0 bridgehead atoms. The number of likely N-dealkylation sites (N-methyl/N-ethyl adjacent to an activating group) is 1. The smallest absolute Gasteiger partial charge is 0.178 e. The van der Waals surface area contributed by atoms with E-state index in [9.17, 15) is 0 Å². The Bertz CT molecular complexity index is 635. The SMILES string of the molecule is CCOc1cccc2c1[nH]c(=S)n2CCN(C)CCOC. The molecule has 5 nitrogen and oxygen atoms in total. The van der Waals surface area contributed by atoms with Gasteiger partial charge in [0.05, 0.1) is 18.7 Å². The fourth-order valence-corrected chi connectivity index (χ4v) is 2.57. The summed E-state index contributed by atoms with van der Waals surface area (Å²) < 4.78 is 13.6. The lowest BCUT2D eigenvalue weighted by Gasteiger charge is -2.16. The molecule has 0 fully saturated rings. The minimum atomic E-state index is 0.644. The Morgan fingerprint density at radius 2 is 2.14 bits per heavy atom. The van der Waals surface area contributed by atoms with E-state index in [4.69, 9.17) is 21.7 Å². The maximum atomic E-state index is 5.65. The van der Waals surface area contributed by atoms with Gasteiger partial charge >= 0.3 is 0 Å². The Balaban J connectivity index is 2.18. The van der Waals surface area contributed by atoms with Crippen LogP contribution in [0.3, 0.4) is 0 Å². The van der Waals surface area contributed by atoms with E-state index in [1.54, 1.807) is 7.11 Å². The average molecular weight is 309 g/mol. The van der Waals surface area contributed by atoms with Crippen LogP contribution in [0.4, 0.5) is 0 Å². The summed E-state index contributed by atoms with van der Waals surface area (Å²) in [5.74, 6) is 0.854. The van der Waals surface area contributed by atoms with Crippen molar-refractivity contribution in [3.63, 3.8) is 0 Å². The molecule has 0 aliphatic rings. The van der Waals surface area contributed by atoms with Gasteiger partial charge in [-0.2, -0.15) is 0 Å². The summed E-state index contributed by atoms with van der Waals surface area (Å²) in [7, 11) is 3.81. The van der Waals surface area contributed by atoms with Gasteiger partial charge in [-0.3, -0.25) is 0 Å². The molecule has 0 saturated heterocycles. The van der Waals surface area contributed by atoms with Crippen LogP contribution in [0, 0.1) is 4.77 Å². The molecule has 0 radical (unpaired) electrons. The molecule has 0 atom stereocenters. The Kier molecular flexibility index (Phi) is 5.78. The van der Waals surface area contributed by atoms with Crippen LogP contribution in [0.1, 0.15) is 6.92 Å². The minimum Gasteiger partial charge on any atom is -0.492 e. The van der Waals surface area contributed by atoms with Crippen molar-refractivity contribution in [1.29, 1.82) is 0 Å². The number of hydrogen-bond donors (Lipinski definition) is 1. The largest absolute Gasteiger partial charge is 0.492 e. The molecule has 1 heterocycles. The number of rotatable bonds is 8. The molecular weight excluding hydrogens is 286 g/mol. The summed E-state index contributed by atoms with van der Waals surface area (Å²) in [6.45, 7) is 6.04. The van der Waals surface area contributed by atoms with Crippen molar-refractivity contribution in [1.82, 2.24) is 14.5 Å². The predicted molar refractivity (Wildman–Crippen MR) is 87.7 cm³/mol. The van der Waals surface area contributed by atoms with Crippen LogP contribution in [0.2, 0.25) is 0 Å². The van der Waals surface area contributed by atoms with Crippen molar-refractivity contribution < 1.29 is 9.47 Å². The number of aromatic amines is 1. The predicted octanol–water partition coefficient (Wildman–Crippen LogP) is 2.68. The van der Waals surface area contributed by atoms with Crippen molar-refractivity contribution in [3.05, 3.63) is 23.0 Å². The number of H-pyrrole nitrogens is 1. The molecule has 0 aliphatic heterocycles. The van der Waals surface area contributed by atoms with Crippen molar-refractivity contribution in [2.75, 3.05) is 40.5 Å². The molecule has 0 saturated carbocycles. The van der Waals surface area contributed by atoms with Gasteiger partial charge in [0.25, 0.3) is 0 Å². The number of methoxy groups -OCH3 is 1. The molecule has 1 aromatic heterocycles. The Labute approximate surface area is 130 Å². The van der Waals surface area contributed by atoms with E-state index in [2.05, 4.69) is 27.6 Å². The van der Waals surface area contributed by atoms with E-state index in [1.165, 1.54) is 0 Å². The van der Waals surface area contributed by atoms with Crippen molar-refractivity contribution >= 4 is 23.3 Å². The number of fused-ring (bicyclic) bond motifs is 1. The van der Waals surface area contributed by atoms with Crippen molar-refractivity contribution in [2.24, 2.45) is 0 Å². The third-order valence-electron chi connectivity index (χ3n) is 3.45. The highest BCUT2D eigenvalue weighted by atomic mass is 32.1. The first-order valence-corrected chi connectivity index (χ1v) is 7.60. The molecule has 2 aromatic rings. The first kappa shape index (κ1) is 16.0. The fraction of sp³-hybridized carbons (Fsp3) is 0.533. The highest BCUT2D eigenvalue weighted by molar-refractivity contribution is 7.71. The highest BCUT2D eigenvalue weighted by Gasteiger charge is 2.09. The summed E-state index contributed by atoms with van der Waals surface area (Å²) in [6.07, 6.45) is 0. The lowest BCUT2D eigenvalue weighted by Crippen LogP contribution is -2.26. The summed E-state index contributed by atoms with van der Waals surface area (Å²) in [5, 5.41) is 0. The number of hydrogen-bond acceptors (Lipinski definition) is 4. The maximum Gasteiger partial charge on any atom is 0.178 e. The lowest BCUT2D eigenvalue weighted by molar-refractivity contribution is 0.159. The van der Waals surface area contributed by atoms with Crippen molar-refractivity contribution in [2.45, 2.75) is 13.5 Å². The molecule has 1 aromatic carbocycles. The molecule has 0 unspecified atom stereocenters. The maximum absolute atomic E-state index is 5.65. The minimum absolute atomic E-state index is 0.644. The zero-order chi connectivity index (χ0) is 15.2. The number of nitrogens with zero attached hydrogens (tertiary/aromatic N) is 2. The zero-order valence-electron chi connectivity index (χ0n) is 12.9. The van der Waals surface area contributed by atoms with Gasteiger partial charge in [-0.05, 0) is 38.3 Å². The van der Waals surface area contributed by atoms with E-state index in [-0.39, 0.29) is 0 Å². The Morgan fingerprint density at radius 1 is 1.33 bits per heavy atom. The molecule has 0 aliphatic carbocycles. The number of nitrogens with one attached hydrogen (secondary N) is 1. The van der Waals surface area contributed by atoms with Gasteiger partial charge in [-0.1, -0.05) is 6.07 Å². The van der Waals surface area contributed by atoms with Gasteiger partial charge in [-0.15, -0.1) is 0 Å². The molecule has 1 N–H and O–H groups in total. The van der Waals surface area contributed by atoms with Crippen LogP contribution in [0.5, 0.6) is 5.75 Å². The molecular formula is C15H23N3O2S. The number of para-hydroxylation sites is 1. The van der Waals surface area contributed by atoms with Crippen LogP contribution in [-0.2, 0) is 11.3 Å². The van der Waals surface area contributed by atoms with Crippen LogP contribution in [-0.4, -0.2) is 54.9 Å². The number of aromatic nitrogens is 2. The molecule has 0 spiro atoms. The first-order valence-electron chi connectivity index (χ1n) is 7.19. The van der Waals surface area contributed by atoms with Crippen molar-refractivity contribution in [3.8, 4) is 5.75 Å². The molecule has 21 heavy (non-hydrogen) atoms. The Morgan fingerprint density at radius 3 is 2.86 bits per heavy atom. The molecule has 6 heteroatoms. The van der Waals surface area contributed by atoms with E-state index in [0.717, 1.165) is 47.8 Å². The normalized spacial score (nSPS) is 11.4. The molecule has 2 rings (SSSR count). The van der Waals surface area contributed by atoms with Crippen LogP contribution < -0.4 is 4.74 Å². The van der Waals surface area contributed by atoms with Gasteiger partial charge in [0.15, 0.2) is 4.77 Å². The molecule has 116 valence electrons. The Hall–Kier alpha value is -1.37. The van der Waals surface area contributed by atoms with Crippen LogP contribution in [0.25, 0.3) is 11.0 Å². The number of ether oxygens (including phenoxy) is 2. The third kappa shape index (κ3) is 3.84. The summed E-state index contributed by atoms with van der Waals surface area (Å²) in [4.78, 5) is 5.49. The zero-order valence-corrected chi connectivity index (χ0v) is 13.7. The van der Waals surface area contributed by atoms with E-state index < -0.39 is 0 Å². The second kappa shape index (κ2) is 7.59. The standard InChI is InChI=1S/C15H23N3O2S/c1-4-20-13-7-5-6-12-14(13)16-15(21)18(12)9-8-17(2)10-11-19-3/h5-7H,4,8-11H2,1-3H3,(H,16,21). The monoisotopic (exact) mass is 309 g/mol. The van der Waals surface area contributed by atoms with Gasteiger partial charge in [-0.25, -0.2) is 0 Å². The van der Waals surface area contributed by atoms with E-state index in [1.807, 2.05) is 19.1 Å². The summed E-state index contributed by atoms with van der Waals surface area (Å²) in [5.41, 5.74) is 2.06. The van der Waals surface area contributed by atoms with Crippen LogP contribution in [0.15, 0.2) is 18.2 Å². The highest BCUT2D eigenvalue weighted by Crippen LogP contribution is 2.24. The average Bonchev–Trinajstić information content (AvgIpc) is 2.80. The lowest BCUT2D eigenvalue weighted by atomic mass is 10.3.